The Hall–Kier alpha value is -3.12. The van der Waals surface area contributed by atoms with Gasteiger partial charge in [-0.05, 0) is 42.6 Å². The van der Waals surface area contributed by atoms with Crippen LogP contribution in [0.3, 0.4) is 0 Å². The number of nitrogens with one attached hydrogen (secondary N) is 1. The van der Waals surface area contributed by atoms with E-state index >= 15 is 0 Å². The van der Waals surface area contributed by atoms with E-state index < -0.39 is 5.92 Å². The number of carbonyl (C=O) groups excluding carboxylic acids is 2. The molecule has 1 aliphatic heterocycles. The first kappa shape index (κ1) is 18.3. The zero-order valence-electron chi connectivity index (χ0n) is 15.3. The summed E-state index contributed by atoms with van der Waals surface area (Å²) >= 11 is 1.53. The Bertz CT molecular complexity index is 999. The third-order valence-corrected chi connectivity index (χ3v) is 5.91. The molecule has 2 aromatic carbocycles. The van der Waals surface area contributed by atoms with Crippen LogP contribution in [0, 0.1) is 12.8 Å². The molecule has 0 aliphatic carbocycles. The van der Waals surface area contributed by atoms with Gasteiger partial charge in [0.2, 0.25) is 11.8 Å². The molecule has 1 saturated heterocycles. The Balaban J connectivity index is 1.68. The van der Waals surface area contributed by atoms with E-state index in [1.165, 1.54) is 17.4 Å². The molecule has 0 saturated carbocycles. The third-order valence-electron chi connectivity index (χ3n) is 4.97. The highest BCUT2D eigenvalue weighted by Crippen LogP contribution is 2.43. The highest BCUT2D eigenvalue weighted by Gasteiger charge is 2.45. The van der Waals surface area contributed by atoms with Crippen molar-refractivity contribution in [2.45, 2.75) is 19.4 Å². The zero-order chi connectivity index (χ0) is 19.7. The summed E-state index contributed by atoms with van der Waals surface area (Å²) in [6.45, 7) is 1.99. The normalized spacial score (nSPS) is 19.0. The van der Waals surface area contributed by atoms with Crippen molar-refractivity contribution in [2.24, 2.45) is 5.92 Å². The molecule has 0 unspecified atom stereocenters. The number of hydrogen-bond acceptors (Lipinski definition) is 4. The number of aromatic hydroxyl groups is 1. The van der Waals surface area contributed by atoms with Crippen LogP contribution in [0.4, 0.5) is 11.4 Å². The summed E-state index contributed by atoms with van der Waals surface area (Å²) in [5, 5.41) is 14.7. The van der Waals surface area contributed by atoms with E-state index in [0.717, 1.165) is 16.1 Å². The van der Waals surface area contributed by atoms with E-state index in [2.05, 4.69) is 5.32 Å². The Kier molecular flexibility index (Phi) is 4.88. The van der Waals surface area contributed by atoms with Gasteiger partial charge in [-0.25, -0.2) is 0 Å². The molecule has 0 bridgehead atoms. The van der Waals surface area contributed by atoms with Crippen LogP contribution >= 0.6 is 11.3 Å². The Morgan fingerprint density at radius 3 is 2.54 bits per heavy atom. The van der Waals surface area contributed by atoms with E-state index in [0.29, 0.717) is 5.69 Å². The van der Waals surface area contributed by atoms with Gasteiger partial charge in [-0.3, -0.25) is 9.59 Å². The Morgan fingerprint density at radius 2 is 1.86 bits per heavy atom. The molecule has 6 heteroatoms. The molecule has 0 spiro atoms. The van der Waals surface area contributed by atoms with Crippen molar-refractivity contribution in [3.63, 3.8) is 0 Å². The van der Waals surface area contributed by atoms with E-state index in [-0.39, 0.29) is 30.0 Å². The topological polar surface area (TPSA) is 69.6 Å². The molecule has 28 heavy (non-hydrogen) atoms. The second kappa shape index (κ2) is 7.48. The number of aryl methyl sites for hydroxylation is 1. The quantitative estimate of drug-likeness (QED) is 0.643. The van der Waals surface area contributed by atoms with Crippen LogP contribution in [0.5, 0.6) is 5.75 Å². The maximum Gasteiger partial charge on any atom is 0.230 e. The molecule has 3 aromatic rings. The van der Waals surface area contributed by atoms with Crippen LogP contribution in [-0.2, 0) is 9.59 Å². The molecule has 2 amide bonds. The van der Waals surface area contributed by atoms with E-state index in [9.17, 15) is 14.7 Å². The lowest BCUT2D eigenvalue weighted by molar-refractivity contribution is -0.122. The molecule has 1 aliphatic rings. The molecule has 2 heterocycles. The maximum atomic E-state index is 13.1. The van der Waals surface area contributed by atoms with Gasteiger partial charge in [-0.1, -0.05) is 35.9 Å². The Morgan fingerprint density at radius 1 is 1.11 bits per heavy atom. The first-order valence-electron chi connectivity index (χ1n) is 9.05. The number of rotatable bonds is 4. The highest BCUT2D eigenvalue weighted by atomic mass is 32.1. The van der Waals surface area contributed by atoms with Crippen molar-refractivity contribution >= 4 is 34.5 Å². The first-order valence-corrected chi connectivity index (χ1v) is 9.93. The molecule has 5 nitrogen and oxygen atoms in total. The van der Waals surface area contributed by atoms with Crippen molar-refractivity contribution in [1.82, 2.24) is 0 Å². The minimum Gasteiger partial charge on any atom is -0.506 e. The number of amides is 2. The van der Waals surface area contributed by atoms with Gasteiger partial charge in [0.05, 0.1) is 17.6 Å². The SMILES string of the molecule is Cc1ccc(N2C(=O)C[C@H](C(=O)Nc3ccccc3O)[C@H]2c2cccs2)cc1. The molecule has 0 radical (unpaired) electrons. The summed E-state index contributed by atoms with van der Waals surface area (Å²) in [5.74, 6) is -0.905. The predicted octanol–water partition coefficient (Wildman–Crippen LogP) is 4.50. The molecular formula is C22H20N2O3S. The standard InChI is InChI=1S/C22H20N2O3S/c1-14-8-10-15(11-9-14)24-20(26)13-16(21(24)19-7-4-12-28-19)22(27)23-17-5-2-3-6-18(17)25/h2-12,16,21,25H,13H2,1H3,(H,23,27)/t16-,21-/m0/s1. The lowest BCUT2D eigenvalue weighted by Gasteiger charge is -2.27. The number of thiophene rings is 1. The predicted molar refractivity (Wildman–Crippen MR) is 111 cm³/mol. The van der Waals surface area contributed by atoms with E-state index in [1.807, 2.05) is 48.7 Å². The van der Waals surface area contributed by atoms with Crippen LogP contribution in [0.1, 0.15) is 22.9 Å². The molecular weight excluding hydrogens is 372 g/mol. The average molecular weight is 392 g/mol. The molecule has 142 valence electrons. The van der Waals surface area contributed by atoms with Crippen molar-refractivity contribution in [1.29, 1.82) is 0 Å². The van der Waals surface area contributed by atoms with Gasteiger partial charge < -0.3 is 15.3 Å². The lowest BCUT2D eigenvalue weighted by Crippen LogP contribution is -2.32. The molecule has 2 atom stereocenters. The summed E-state index contributed by atoms with van der Waals surface area (Å²) in [4.78, 5) is 28.6. The monoisotopic (exact) mass is 392 g/mol. The summed E-state index contributed by atoms with van der Waals surface area (Å²) in [7, 11) is 0. The maximum absolute atomic E-state index is 13.1. The summed E-state index contributed by atoms with van der Waals surface area (Å²) in [6.07, 6.45) is 0.121. The molecule has 4 rings (SSSR count). The number of benzene rings is 2. The fourth-order valence-electron chi connectivity index (χ4n) is 3.57. The van der Waals surface area contributed by atoms with Gasteiger partial charge in [0.15, 0.2) is 0 Å². The summed E-state index contributed by atoms with van der Waals surface area (Å²) in [6, 6.07) is 17.8. The number of hydrogen-bond donors (Lipinski definition) is 2. The smallest absolute Gasteiger partial charge is 0.230 e. The van der Waals surface area contributed by atoms with Crippen LogP contribution in [0.2, 0.25) is 0 Å². The fourth-order valence-corrected chi connectivity index (χ4v) is 4.45. The number of nitrogens with zero attached hydrogens (tertiary/aromatic N) is 1. The van der Waals surface area contributed by atoms with Crippen molar-refractivity contribution in [3.8, 4) is 5.75 Å². The number of para-hydroxylation sites is 2. The van der Waals surface area contributed by atoms with Crippen molar-refractivity contribution in [2.75, 3.05) is 10.2 Å². The van der Waals surface area contributed by atoms with Gasteiger partial charge in [0, 0.05) is 17.0 Å². The van der Waals surface area contributed by atoms with Gasteiger partial charge in [0.1, 0.15) is 5.75 Å². The minimum atomic E-state index is -0.549. The largest absolute Gasteiger partial charge is 0.506 e. The van der Waals surface area contributed by atoms with Gasteiger partial charge >= 0.3 is 0 Å². The zero-order valence-corrected chi connectivity index (χ0v) is 16.1. The summed E-state index contributed by atoms with van der Waals surface area (Å²) < 4.78 is 0. The van der Waals surface area contributed by atoms with Gasteiger partial charge in [0.25, 0.3) is 0 Å². The number of phenolic OH excluding ortho intramolecular Hbond substituents is 1. The minimum absolute atomic E-state index is 0.00300. The first-order chi connectivity index (χ1) is 13.5. The molecule has 1 fully saturated rings. The van der Waals surface area contributed by atoms with Crippen LogP contribution in [0.15, 0.2) is 66.0 Å². The second-order valence-corrected chi connectivity index (χ2v) is 7.86. The van der Waals surface area contributed by atoms with Crippen molar-refractivity contribution in [3.05, 3.63) is 76.5 Å². The van der Waals surface area contributed by atoms with E-state index in [4.69, 9.17) is 0 Å². The number of phenols is 1. The average Bonchev–Trinajstić information content (AvgIpc) is 3.32. The highest BCUT2D eigenvalue weighted by molar-refractivity contribution is 7.10. The van der Waals surface area contributed by atoms with Crippen LogP contribution in [0.25, 0.3) is 0 Å². The van der Waals surface area contributed by atoms with Gasteiger partial charge in [-0.15, -0.1) is 11.3 Å². The third kappa shape index (κ3) is 3.39. The van der Waals surface area contributed by atoms with Crippen LogP contribution in [-0.4, -0.2) is 16.9 Å². The second-order valence-electron chi connectivity index (χ2n) is 6.88. The fraction of sp³-hybridized carbons (Fsp3) is 0.182. The van der Waals surface area contributed by atoms with Gasteiger partial charge in [-0.2, -0.15) is 0 Å². The van der Waals surface area contributed by atoms with Crippen molar-refractivity contribution < 1.29 is 14.7 Å². The Labute approximate surface area is 167 Å². The molecule has 1 aromatic heterocycles. The van der Waals surface area contributed by atoms with E-state index in [1.54, 1.807) is 23.1 Å². The summed E-state index contributed by atoms with van der Waals surface area (Å²) in [5.41, 5.74) is 2.24. The number of carbonyl (C=O) groups is 2. The lowest BCUT2D eigenvalue weighted by atomic mass is 9.97. The number of anilines is 2. The van der Waals surface area contributed by atoms with Crippen LogP contribution < -0.4 is 10.2 Å². The molecule has 2 N–H and O–H groups in total.